The van der Waals surface area contributed by atoms with E-state index in [1.54, 1.807) is 36.1 Å². The van der Waals surface area contributed by atoms with Gasteiger partial charge >= 0.3 is 5.97 Å². The largest absolute Gasteiger partial charge is 0.497 e. The zero-order chi connectivity index (χ0) is 24.8. The standard InChI is InChI=1S/C27H21FN4O4/c1-34-19-11-12-21-20(13-19)23-22(25(36-21)16-3-5-17(6-4-16)26(33)35-2)24(15-7-9-18(28)10-8-15)32-27(31-23)29-14-30-32/h3-14,24-25H,1-2H3,(H,29,30,31)/t24-,25-/m0/s1. The number of benzene rings is 3. The third kappa shape index (κ3) is 3.48. The Morgan fingerprint density at radius 3 is 2.50 bits per heavy atom. The van der Waals surface area contributed by atoms with E-state index in [0.29, 0.717) is 23.0 Å². The van der Waals surface area contributed by atoms with Crippen LogP contribution < -0.4 is 14.8 Å². The highest BCUT2D eigenvalue weighted by Crippen LogP contribution is 2.51. The van der Waals surface area contributed by atoms with Crippen LogP contribution in [0, 0.1) is 5.82 Å². The van der Waals surface area contributed by atoms with Gasteiger partial charge in [-0.05, 0) is 53.6 Å². The zero-order valence-corrected chi connectivity index (χ0v) is 19.4. The van der Waals surface area contributed by atoms with Gasteiger partial charge in [-0.15, -0.1) is 0 Å². The Balaban J connectivity index is 1.57. The molecule has 180 valence electrons. The molecule has 2 aliphatic heterocycles. The second-order valence-corrected chi connectivity index (χ2v) is 8.41. The maximum Gasteiger partial charge on any atom is 0.337 e. The number of fused-ring (bicyclic) bond motifs is 3. The second kappa shape index (κ2) is 8.53. The van der Waals surface area contributed by atoms with Crippen LogP contribution in [0.3, 0.4) is 0 Å². The molecule has 2 aliphatic rings. The summed E-state index contributed by atoms with van der Waals surface area (Å²) in [6.45, 7) is 0. The lowest BCUT2D eigenvalue weighted by Crippen LogP contribution is -2.32. The predicted molar refractivity (Wildman–Crippen MR) is 129 cm³/mol. The molecule has 0 aliphatic carbocycles. The molecule has 8 nitrogen and oxygen atoms in total. The van der Waals surface area contributed by atoms with Crippen LogP contribution in [0.15, 0.2) is 78.6 Å². The van der Waals surface area contributed by atoms with Crippen molar-refractivity contribution in [3.8, 4) is 11.5 Å². The van der Waals surface area contributed by atoms with Gasteiger partial charge in [-0.25, -0.2) is 13.9 Å². The minimum absolute atomic E-state index is 0.328. The summed E-state index contributed by atoms with van der Waals surface area (Å²) in [6.07, 6.45) is 0.942. The zero-order valence-electron chi connectivity index (χ0n) is 19.4. The topological polar surface area (TPSA) is 87.5 Å². The van der Waals surface area contributed by atoms with Crippen molar-refractivity contribution >= 4 is 17.6 Å². The van der Waals surface area contributed by atoms with Crippen LogP contribution in [0.5, 0.6) is 11.5 Å². The molecule has 1 N–H and O–H groups in total. The van der Waals surface area contributed by atoms with Gasteiger partial charge in [0.2, 0.25) is 5.95 Å². The highest BCUT2D eigenvalue weighted by Gasteiger charge is 2.41. The van der Waals surface area contributed by atoms with Crippen molar-refractivity contribution in [2.24, 2.45) is 0 Å². The van der Waals surface area contributed by atoms with E-state index >= 15 is 0 Å². The van der Waals surface area contributed by atoms with Crippen LogP contribution in [-0.4, -0.2) is 35.0 Å². The van der Waals surface area contributed by atoms with E-state index < -0.39 is 18.1 Å². The number of hydrogen-bond acceptors (Lipinski definition) is 7. The highest BCUT2D eigenvalue weighted by molar-refractivity contribution is 5.89. The highest BCUT2D eigenvalue weighted by atomic mass is 19.1. The number of carbonyl (C=O) groups excluding carboxylic acids is 1. The molecule has 0 bridgehead atoms. The molecule has 0 amide bonds. The molecule has 0 spiro atoms. The predicted octanol–water partition coefficient (Wildman–Crippen LogP) is 4.77. The Morgan fingerprint density at radius 1 is 1.03 bits per heavy atom. The van der Waals surface area contributed by atoms with Gasteiger partial charge in [0.15, 0.2) is 0 Å². The van der Waals surface area contributed by atoms with Crippen molar-refractivity contribution in [2.75, 3.05) is 19.5 Å². The van der Waals surface area contributed by atoms with Crippen molar-refractivity contribution in [1.82, 2.24) is 14.8 Å². The van der Waals surface area contributed by atoms with Crippen LogP contribution >= 0.6 is 0 Å². The van der Waals surface area contributed by atoms with Gasteiger partial charge in [-0.2, -0.15) is 10.1 Å². The Kier molecular flexibility index (Phi) is 5.18. The third-order valence-corrected chi connectivity index (χ3v) is 6.44. The third-order valence-electron chi connectivity index (χ3n) is 6.44. The van der Waals surface area contributed by atoms with Crippen LogP contribution in [0.4, 0.5) is 10.3 Å². The molecule has 2 atom stereocenters. The molecule has 6 rings (SSSR count). The molecule has 0 unspecified atom stereocenters. The summed E-state index contributed by atoms with van der Waals surface area (Å²) >= 11 is 0. The number of carbonyl (C=O) groups is 1. The lowest BCUT2D eigenvalue weighted by molar-refractivity contribution is 0.0600. The van der Waals surface area contributed by atoms with Crippen molar-refractivity contribution in [1.29, 1.82) is 0 Å². The molecule has 3 heterocycles. The number of halogens is 1. The molecule has 0 saturated carbocycles. The van der Waals surface area contributed by atoms with E-state index in [-0.39, 0.29) is 5.82 Å². The van der Waals surface area contributed by atoms with Gasteiger partial charge in [0.25, 0.3) is 0 Å². The van der Waals surface area contributed by atoms with E-state index in [9.17, 15) is 9.18 Å². The lowest BCUT2D eigenvalue weighted by atomic mass is 9.84. The summed E-state index contributed by atoms with van der Waals surface area (Å²) in [6, 6.07) is 18.6. The number of nitrogens with zero attached hydrogens (tertiary/aromatic N) is 3. The SMILES string of the molecule is COC(=O)c1ccc([C@@H]2Oc3ccc(OC)cc3C3=C2[C@H](c2ccc(F)cc2)n2ncnc2N3)cc1. The first-order valence-electron chi connectivity index (χ1n) is 11.3. The summed E-state index contributed by atoms with van der Waals surface area (Å²) in [5, 5.41) is 7.89. The number of aromatic nitrogens is 3. The normalized spacial score (nSPS) is 17.8. The average Bonchev–Trinajstić information content (AvgIpc) is 3.40. The monoisotopic (exact) mass is 484 g/mol. The molecular formula is C27H21FN4O4. The van der Waals surface area contributed by atoms with Gasteiger partial charge in [0.1, 0.15) is 35.8 Å². The van der Waals surface area contributed by atoms with Gasteiger partial charge in [0, 0.05) is 11.1 Å². The van der Waals surface area contributed by atoms with E-state index in [4.69, 9.17) is 14.2 Å². The Morgan fingerprint density at radius 2 is 1.78 bits per heavy atom. The minimum atomic E-state index is -0.535. The van der Waals surface area contributed by atoms with E-state index in [0.717, 1.165) is 28.0 Å². The van der Waals surface area contributed by atoms with Gasteiger partial charge in [0.05, 0.1) is 25.5 Å². The second-order valence-electron chi connectivity index (χ2n) is 8.41. The molecule has 36 heavy (non-hydrogen) atoms. The number of ether oxygens (including phenoxy) is 3. The van der Waals surface area contributed by atoms with Crippen LogP contribution in [0.1, 0.15) is 39.2 Å². The van der Waals surface area contributed by atoms with Gasteiger partial charge in [-0.3, -0.25) is 0 Å². The molecule has 4 aromatic rings. The first-order chi connectivity index (χ1) is 17.6. The molecule has 1 aromatic heterocycles. The smallest absolute Gasteiger partial charge is 0.337 e. The van der Waals surface area contributed by atoms with Crippen LogP contribution in [0.25, 0.3) is 5.70 Å². The fourth-order valence-corrected chi connectivity index (χ4v) is 4.73. The quantitative estimate of drug-likeness (QED) is 0.418. The Bertz CT molecular complexity index is 1500. The summed E-state index contributed by atoms with van der Waals surface area (Å²) in [5.41, 5.74) is 4.58. The van der Waals surface area contributed by atoms with Gasteiger partial charge in [-0.1, -0.05) is 24.3 Å². The molecule has 3 aromatic carbocycles. The molecule has 9 heteroatoms. The number of esters is 1. The summed E-state index contributed by atoms with van der Waals surface area (Å²) in [5.74, 6) is 1.15. The molecule has 0 radical (unpaired) electrons. The van der Waals surface area contributed by atoms with Crippen molar-refractivity contribution in [3.05, 3.63) is 107 Å². The lowest BCUT2D eigenvalue weighted by Gasteiger charge is -2.39. The fourth-order valence-electron chi connectivity index (χ4n) is 4.73. The number of anilines is 1. The summed E-state index contributed by atoms with van der Waals surface area (Å²) < 4.78 is 32.5. The molecule has 0 saturated heterocycles. The van der Waals surface area contributed by atoms with E-state index in [2.05, 4.69) is 15.4 Å². The first-order valence-corrected chi connectivity index (χ1v) is 11.3. The number of rotatable bonds is 4. The number of methoxy groups -OCH3 is 2. The Hall–Kier alpha value is -4.66. The van der Waals surface area contributed by atoms with Crippen molar-refractivity contribution < 1.29 is 23.4 Å². The molecule has 0 fully saturated rings. The first kappa shape index (κ1) is 21.8. The van der Waals surface area contributed by atoms with Crippen LogP contribution in [0.2, 0.25) is 0 Å². The van der Waals surface area contributed by atoms with E-state index in [1.807, 2.05) is 30.3 Å². The summed E-state index contributed by atoms with van der Waals surface area (Å²) in [7, 11) is 2.96. The number of hydrogen-bond donors (Lipinski definition) is 1. The minimum Gasteiger partial charge on any atom is -0.497 e. The fraction of sp³-hybridized carbons (Fsp3) is 0.148. The van der Waals surface area contributed by atoms with Crippen LogP contribution in [-0.2, 0) is 4.74 Å². The Labute approximate surface area is 206 Å². The van der Waals surface area contributed by atoms with Gasteiger partial charge < -0.3 is 19.5 Å². The molecular weight excluding hydrogens is 463 g/mol. The number of nitrogens with one attached hydrogen (secondary N) is 1. The van der Waals surface area contributed by atoms with Crippen molar-refractivity contribution in [2.45, 2.75) is 12.1 Å². The maximum absolute atomic E-state index is 13.8. The van der Waals surface area contributed by atoms with E-state index in [1.165, 1.54) is 25.6 Å². The average molecular weight is 484 g/mol. The van der Waals surface area contributed by atoms with Crippen molar-refractivity contribution in [3.63, 3.8) is 0 Å². The summed E-state index contributed by atoms with van der Waals surface area (Å²) in [4.78, 5) is 16.4. The maximum atomic E-state index is 13.8.